The van der Waals surface area contributed by atoms with Crippen molar-refractivity contribution in [3.8, 4) is 5.75 Å². The van der Waals surface area contributed by atoms with Crippen LogP contribution in [0.25, 0.3) is 21.0 Å². The van der Waals surface area contributed by atoms with Crippen LogP contribution in [0.15, 0.2) is 96.9 Å². The summed E-state index contributed by atoms with van der Waals surface area (Å²) in [5.41, 5.74) is 13.5. The maximum Gasteiger partial charge on any atom is 0.246 e. The highest BCUT2D eigenvalue weighted by Gasteiger charge is 2.47. The standard InChI is InChI=1S/C88H120N20O21S2/c1-9-11-21-67-81(122)102-65(42-110)80(121)103-66(76(117)93-39-73(90)114)44-130-45-74(115)95-61(31-49-25-27-53(111)28-26-49)84(125)104(6)48(5)75(116)98-63(36-72(89)113)86(127)107-29-17-23-68(107)82(123)97-59(34-52-38-91-46-94-52)78(119)99-60(30-47(3)4)87(128)108-40-54(112)35-70(108)83(124)96-58(32-50-37-92-57-20-15-13-18-55(50)57)77(118)101-64(41-109)79(120)100-62(33-51-43-131-71-24-16-14-19-56(51)71)85(126)106(8)69(22-12-10-2)88(129)105(67)7/h13-16,18-20,24-28,37-38,43,46-48,54,58-70,92,109-112H,9-12,17,21-23,29-36,39-42,44-45H2,1-8H3,(H2,89,113)(H2,90,114)(H,91,94)(H,93,117)(H,95,115)(H,96,124)(H,97,123)(H,98,116)(H,99,119)(H,100,120)(H,101,118)(H,102,122)(H,103,121)/t48-,54+,58-,59-,60-,61-,62-,63-,64-,65-,66?,67-,68-,69-,70-/m0/s1. The zero-order valence-corrected chi connectivity index (χ0v) is 76.0. The molecule has 3 fully saturated rings. The Balaban J connectivity index is 1.08. The molecule has 0 aliphatic carbocycles. The molecule has 20 N–H and O–H groups in total. The van der Waals surface area contributed by atoms with E-state index in [4.69, 9.17) is 11.5 Å². The Morgan fingerprint density at radius 3 is 1.76 bits per heavy atom. The summed E-state index contributed by atoms with van der Waals surface area (Å²) in [6.45, 7) is 4.89. The smallest absolute Gasteiger partial charge is 0.246 e. The minimum atomic E-state index is -1.88. The lowest BCUT2D eigenvalue weighted by atomic mass is 10.00. The van der Waals surface area contributed by atoms with Gasteiger partial charge in [-0.25, -0.2) is 4.98 Å². The molecular weight excluding hydrogens is 1740 g/mol. The zero-order valence-electron chi connectivity index (χ0n) is 74.4. The summed E-state index contributed by atoms with van der Waals surface area (Å²) < 4.78 is 0.810. The number of nitrogens with one attached hydrogen (secondary N) is 12. The van der Waals surface area contributed by atoms with E-state index in [1.807, 2.05) is 32.0 Å². The molecule has 3 aliphatic heterocycles. The molecule has 3 saturated heterocycles. The third kappa shape index (κ3) is 27.7. The van der Waals surface area contributed by atoms with Crippen LogP contribution in [0.5, 0.6) is 5.75 Å². The third-order valence-corrected chi connectivity index (χ3v) is 25.5. The summed E-state index contributed by atoms with van der Waals surface area (Å²) in [6, 6.07) is -2.42. The molecule has 41 nitrogen and oxygen atoms in total. The van der Waals surface area contributed by atoms with Gasteiger partial charge in [-0.15, -0.1) is 23.1 Å². The van der Waals surface area contributed by atoms with Gasteiger partial charge in [0.15, 0.2) is 0 Å². The minimum absolute atomic E-state index is 0.0114. The predicted molar refractivity (Wildman–Crippen MR) is 481 cm³/mol. The second-order valence-electron chi connectivity index (χ2n) is 33.6. The Morgan fingerprint density at radius 2 is 1.12 bits per heavy atom. The summed E-state index contributed by atoms with van der Waals surface area (Å²) >= 11 is 2.07. The topological polar surface area (TPSA) is 604 Å². The average molecular weight is 1860 g/mol. The first-order chi connectivity index (χ1) is 62.4. The number of hydrogen-bond donors (Lipinski definition) is 18. The van der Waals surface area contributed by atoms with Crippen LogP contribution in [0.4, 0.5) is 0 Å². The van der Waals surface area contributed by atoms with E-state index in [1.54, 1.807) is 55.8 Å². The van der Waals surface area contributed by atoms with Crippen molar-refractivity contribution < 1.29 is 102 Å². The molecule has 17 amide bonds. The number of phenols is 1. The quantitative estimate of drug-likeness (QED) is 0.0316. The number of thiophene rings is 1. The van der Waals surface area contributed by atoms with Gasteiger partial charge in [-0.05, 0) is 96.7 Å². The number of imidazole rings is 1. The maximum atomic E-state index is 15.6. The normalized spacial score (nSPS) is 25.2. The Labute approximate surface area is 764 Å². The van der Waals surface area contributed by atoms with Crippen molar-refractivity contribution in [2.24, 2.45) is 17.4 Å². The number of aliphatic hydroxyl groups excluding tert-OH is 3. The van der Waals surface area contributed by atoms with Crippen molar-refractivity contribution in [3.05, 3.63) is 119 Å². The highest BCUT2D eigenvalue weighted by molar-refractivity contribution is 8.00. The molecule has 131 heavy (non-hydrogen) atoms. The number of aromatic hydroxyl groups is 1. The number of aromatic amines is 2. The molecule has 3 aromatic heterocycles. The van der Waals surface area contributed by atoms with E-state index in [0.29, 0.717) is 64.4 Å². The Kier molecular flexibility index (Phi) is 37.7. The summed E-state index contributed by atoms with van der Waals surface area (Å²) in [7, 11) is 3.85. The van der Waals surface area contributed by atoms with E-state index in [-0.39, 0.29) is 82.4 Å². The molecule has 1 unspecified atom stereocenters. The molecule has 0 spiro atoms. The molecule has 0 bridgehead atoms. The number of aliphatic hydroxyl groups is 3. The molecule has 0 saturated carbocycles. The number of phenolic OH excluding ortho intramolecular Hbond substituents is 1. The number of nitrogens with zero attached hydrogens (tertiary/aromatic N) is 6. The molecule has 710 valence electrons. The second-order valence-corrected chi connectivity index (χ2v) is 35.5. The van der Waals surface area contributed by atoms with Gasteiger partial charge in [0.05, 0.1) is 44.4 Å². The van der Waals surface area contributed by atoms with Crippen molar-refractivity contribution in [2.75, 3.05) is 65.5 Å². The molecule has 6 aromatic rings. The lowest BCUT2D eigenvalue weighted by Crippen LogP contribution is -2.62. The fourth-order valence-electron chi connectivity index (χ4n) is 16.1. The number of aromatic nitrogens is 3. The van der Waals surface area contributed by atoms with E-state index >= 15 is 33.6 Å². The number of amides is 17. The first kappa shape index (κ1) is 102. The number of unbranched alkanes of at least 4 members (excludes halogenated alkanes) is 2. The maximum absolute atomic E-state index is 15.6. The lowest BCUT2D eigenvalue weighted by molar-refractivity contribution is -0.149. The van der Waals surface area contributed by atoms with Gasteiger partial charge in [0, 0.05) is 106 Å². The van der Waals surface area contributed by atoms with Gasteiger partial charge in [-0.2, -0.15) is 0 Å². The number of para-hydroxylation sites is 1. The highest BCUT2D eigenvalue weighted by Crippen LogP contribution is 2.30. The Bertz CT molecular complexity index is 5070. The van der Waals surface area contributed by atoms with Crippen LogP contribution in [0.3, 0.4) is 0 Å². The number of carbonyl (C=O) groups is 17. The first-order valence-electron chi connectivity index (χ1n) is 43.6. The SMILES string of the molecule is CCCC[C@H]1C(=O)N(C)[C@@H](CCCC)C(=O)N[C@@H](CO)C(=O)NC(C(=O)NCC(N)=O)CSCC(=O)N[C@@H](Cc2ccc(O)cc2)C(=O)N(C)[C@@H](C)C(=O)N[C@@H](CC(N)=O)C(=O)N2CCC[C@H]2C(=O)N[C@@H](Cc2cnc[nH]2)C(=O)N[C@@H](CC(C)C)C(=O)N2C[C@H](O)C[C@H]2C(=O)N[C@@H](Cc2c[nH]c3ccccc23)C(=O)N[C@@H](CO)C(=O)N[C@@H](Cc2csc3ccccc23)C(=O)N1C. The van der Waals surface area contributed by atoms with Crippen LogP contribution >= 0.6 is 23.1 Å². The molecule has 3 aromatic carbocycles. The van der Waals surface area contributed by atoms with E-state index in [9.17, 15) is 68.4 Å². The van der Waals surface area contributed by atoms with Crippen molar-refractivity contribution in [2.45, 2.75) is 222 Å². The number of nitrogens with two attached hydrogens (primary N) is 2. The zero-order chi connectivity index (χ0) is 95.6. The van der Waals surface area contributed by atoms with Gasteiger partial charge in [-0.1, -0.05) is 102 Å². The van der Waals surface area contributed by atoms with E-state index in [2.05, 4.69) is 68.1 Å². The van der Waals surface area contributed by atoms with Gasteiger partial charge in [0.25, 0.3) is 0 Å². The van der Waals surface area contributed by atoms with E-state index in [0.717, 1.165) is 41.0 Å². The number of likely N-dealkylation sites (N-methyl/N-ethyl adjacent to an activating group) is 3. The number of rotatable bonds is 23. The number of thioether (sulfide) groups is 1. The Morgan fingerprint density at radius 1 is 0.565 bits per heavy atom. The number of H-pyrrole nitrogens is 2. The third-order valence-electron chi connectivity index (χ3n) is 23.4. The summed E-state index contributed by atoms with van der Waals surface area (Å²) in [6.07, 6.45) is 2.23. The van der Waals surface area contributed by atoms with Gasteiger partial charge in [0.2, 0.25) is 100 Å². The van der Waals surface area contributed by atoms with Gasteiger partial charge in [0.1, 0.15) is 90.3 Å². The summed E-state index contributed by atoms with van der Waals surface area (Å²) in [5.74, 6) is -18.0. The lowest BCUT2D eigenvalue weighted by Gasteiger charge is -2.36. The predicted octanol–water partition coefficient (Wildman–Crippen LogP) is -2.47. The van der Waals surface area contributed by atoms with Crippen molar-refractivity contribution in [1.82, 2.24) is 92.6 Å². The fraction of sp³-hybridized carbons (Fsp3) is 0.523. The van der Waals surface area contributed by atoms with Crippen molar-refractivity contribution in [1.29, 1.82) is 0 Å². The summed E-state index contributed by atoms with van der Waals surface area (Å²) in [5, 5.41) is 72.7. The van der Waals surface area contributed by atoms with Crippen molar-refractivity contribution in [3.63, 3.8) is 0 Å². The molecule has 3 aliphatic rings. The molecule has 9 rings (SSSR count). The molecule has 6 heterocycles. The van der Waals surface area contributed by atoms with Crippen molar-refractivity contribution >= 4 is 145 Å². The highest BCUT2D eigenvalue weighted by atomic mass is 32.2. The van der Waals surface area contributed by atoms with Crippen LogP contribution < -0.4 is 64.6 Å². The molecule has 0 radical (unpaired) electrons. The van der Waals surface area contributed by atoms with E-state index in [1.165, 1.54) is 76.2 Å². The van der Waals surface area contributed by atoms with Crippen LogP contribution in [-0.2, 0) is 107 Å². The number of fused-ring (bicyclic) bond motifs is 4. The van der Waals surface area contributed by atoms with Gasteiger partial charge in [-0.3, -0.25) is 81.5 Å². The van der Waals surface area contributed by atoms with Crippen LogP contribution in [0.2, 0.25) is 0 Å². The van der Waals surface area contributed by atoms with Crippen LogP contribution in [-0.4, -0.2) is 316 Å². The minimum Gasteiger partial charge on any atom is -0.508 e. The average Bonchev–Trinajstić information content (AvgIpc) is 1.56. The molecular formula is C88H120N20O21S2. The fourth-order valence-corrected chi connectivity index (χ4v) is 17.9. The van der Waals surface area contributed by atoms with Gasteiger partial charge >= 0.3 is 0 Å². The van der Waals surface area contributed by atoms with E-state index < -0.39 is 235 Å². The first-order valence-corrected chi connectivity index (χ1v) is 45.7. The molecule has 15 atom stereocenters. The second kappa shape index (κ2) is 48.3. The van der Waals surface area contributed by atoms with Gasteiger partial charge < -0.3 is 120 Å². The number of hydrogen-bond acceptors (Lipinski definition) is 24. The number of carbonyl (C=O) groups excluding carboxylic acids is 17. The monoisotopic (exact) mass is 1860 g/mol. The number of primary amides is 2. The Hall–Kier alpha value is -12.6. The largest absolute Gasteiger partial charge is 0.508 e. The number of benzene rings is 3. The van der Waals surface area contributed by atoms with Crippen LogP contribution in [0, 0.1) is 5.92 Å². The summed E-state index contributed by atoms with van der Waals surface area (Å²) in [4.78, 5) is 264. The molecule has 43 heteroatoms. The van der Waals surface area contributed by atoms with Crippen LogP contribution in [0.1, 0.15) is 128 Å².